The Bertz CT molecular complexity index is 1270. The van der Waals surface area contributed by atoms with E-state index < -0.39 is 0 Å². The molecule has 7 heteroatoms. The SMILES string of the molecule is Cc1cnc(CN(C)C(=O)c2cccc(-n3nc(C)c4ccccc4c3=O)c2)[nH]1. The zero-order valence-electron chi connectivity index (χ0n) is 16.5. The van der Waals surface area contributed by atoms with Crippen LogP contribution in [0.4, 0.5) is 0 Å². The Balaban J connectivity index is 1.69. The number of imidazole rings is 1. The van der Waals surface area contributed by atoms with Gasteiger partial charge in [0.25, 0.3) is 11.5 Å². The Kier molecular flexibility index (Phi) is 4.72. The second-order valence-electron chi connectivity index (χ2n) is 7.07. The van der Waals surface area contributed by atoms with E-state index in [9.17, 15) is 9.59 Å². The number of H-pyrrole nitrogens is 1. The topological polar surface area (TPSA) is 83.9 Å². The molecule has 0 bridgehead atoms. The van der Waals surface area contributed by atoms with Crippen LogP contribution in [0.3, 0.4) is 0 Å². The molecule has 4 rings (SSSR count). The molecular weight excluding hydrogens is 366 g/mol. The van der Waals surface area contributed by atoms with Gasteiger partial charge in [0.2, 0.25) is 0 Å². The lowest BCUT2D eigenvalue weighted by Crippen LogP contribution is -2.27. The van der Waals surface area contributed by atoms with Crippen molar-refractivity contribution in [2.75, 3.05) is 7.05 Å². The second kappa shape index (κ2) is 7.35. The first kappa shape index (κ1) is 18.6. The Morgan fingerprint density at radius 3 is 2.59 bits per heavy atom. The van der Waals surface area contributed by atoms with Crippen molar-refractivity contribution in [1.29, 1.82) is 0 Å². The van der Waals surface area contributed by atoms with Crippen LogP contribution in [0.5, 0.6) is 0 Å². The number of amides is 1. The zero-order chi connectivity index (χ0) is 20.5. The second-order valence-corrected chi connectivity index (χ2v) is 7.07. The number of aromatic amines is 1. The number of carbonyl (C=O) groups excluding carboxylic acids is 1. The largest absolute Gasteiger partial charge is 0.345 e. The summed E-state index contributed by atoms with van der Waals surface area (Å²) in [5, 5.41) is 5.88. The highest BCUT2D eigenvalue weighted by atomic mass is 16.2. The van der Waals surface area contributed by atoms with Crippen LogP contribution in [0.25, 0.3) is 16.5 Å². The quantitative estimate of drug-likeness (QED) is 0.583. The van der Waals surface area contributed by atoms with Gasteiger partial charge in [-0.3, -0.25) is 9.59 Å². The average Bonchev–Trinajstić information content (AvgIpc) is 3.14. The van der Waals surface area contributed by atoms with Crippen molar-refractivity contribution in [3.8, 4) is 5.69 Å². The summed E-state index contributed by atoms with van der Waals surface area (Å²) in [6, 6.07) is 14.3. The number of aromatic nitrogens is 4. The zero-order valence-corrected chi connectivity index (χ0v) is 16.5. The molecule has 7 nitrogen and oxygen atoms in total. The van der Waals surface area contributed by atoms with Crippen molar-refractivity contribution in [2.24, 2.45) is 0 Å². The van der Waals surface area contributed by atoms with Crippen LogP contribution in [-0.4, -0.2) is 37.6 Å². The molecule has 4 aromatic rings. The van der Waals surface area contributed by atoms with Crippen LogP contribution in [0.15, 0.2) is 59.5 Å². The van der Waals surface area contributed by atoms with Gasteiger partial charge in [-0.15, -0.1) is 0 Å². The maximum atomic E-state index is 12.9. The maximum Gasteiger partial charge on any atom is 0.279 e. The third-order valence-corrected chi connectivity index (χ3v) is 4.82. The van der Waals surface area contributed by atoms with E-state index in [1.165, 1.54) is 4.68 Å². The van der Waals surface area contributed by atoms with Crippen LogP contribution in [0, 0.1) is 13.8 Å². The summed E-state index contributed by atoms with van der Waals surface area (Å²) in [6.45, 7) is 4.15. The smallest absolute Gasteiger partial charge is 0.279 e. The fourth-order valence-electron chi connectivity index (χ4n) is 3.36. The van der Waals surface area contributed by atoms with Crippen molar-refractivity contribution >= 4 is 16.7 Å². The first-order chi connectivity index (χ1) is 13.9. The molecule has 0 aliphatic rings. The van der Waals surface area contributed by atoms with Gasteiger partial charge < -0.3 is 9.88 Å². The lowest BCUT2D eigenvalue weighted by Gasteiger charge is -2.16. The minimum atomic E-state index is -0.213. The molecule has 146 valence electrons. The maximum absolute atomic E-state index is 12.9. The van der Waals surface area contributed by atoms with Crippen LogP contribution in [0.1, 0.15) is 27.6 Å². The highest BCUT2D eigenvalue weighted by molar-refractivity contribution is 5.94. The molecule has 0 saturated heterocycles. The summed E-state index contributed by atoms with van der Waals surface area (Å²) in [5.74, 6) is 0.559. The van der Waals surface area contributed by atoms with Gasteiger partial charge in [-0.05, 0) is 38.1 Å². The number of hydrogen-bond acceptors (Lipinski definition) is 4. The van der Waals surface area contributed by atoms with Gasteiger partial charge >= 0.3 is 0 Å². The number of hydrogen-bond donors (Lipinski definition) is 1. The van der Waals surface area contributed by atoms with Gasteiger partial charge in [0.1, 0.15) is 5.82 Å². The number of benzene rings is 2. The van der Waals surface area contributed by atoms with E-state index in [4.69, 9.17) is 0 Å². The molecule has 2 aromatic carbocycles. The molecule has 1 amide bonds. The van der Waals surface area contributed by atoms with E-state index >= 15 is 0 Å². The predicted octanol–water partition coefficient (Wildman–Crippen LogP) is 3.00. The number of fused-ring (bicyclic) bond motifs is 1. The minimum absolute atomic E-state index is 0.161. The fraction of sp³-hybridized carbons (Fsp3) is 0.182. The van der Waals surface area contributed by atoms with Crippen molar-refractivity contribution in [2.45, 2.75) is 20.4 Å². The lowest BCUT2D eigenvalue weighted by molar-refractivity contribution is 0.0782. The van der Waals surface area contributed by atoms with E-state index in [0.29, 0.717) is 23.2 Å². The number of carbonyl (C=O) groups is 1. The van der Waals surface area contributed by atoms with Crippen molar-refractivity contribution < 1.29 is 4.79 Å². The van der Waals surface area contributed by atoms with E-state index in [0.717, 1.165) is 22.6 Å². The van der Waals surface area contributed by atoms with Crippen LogP contribution >= 0.6 is 0 Å². The van der Waals surface area contributed by atoms with Gasteiger partial charge in [0.15, 0.2) is 0 Å². The molecule has 2 heterocycles. The van der Waals surface area contributed by atoms with E-state index in [-0.39, 0.29) is 11.5 Å². The molecule has 0 saturated carbocycles. The number of nitrogens with one attached hydrogen (secondary N) is 1. The van der Waals surface area contributed by atoms with Gasteiger partial charge in [-0.1, -0.05) is 24.3 Å². The Labute approximate surface area is 167 Å². The van der Waals surface area contributed by atoms with Crippen molar-refractivity contribution in [3.05, 3.63) is 87.9 Å². The van der Waals surface area contributed by atoms with Crippen LogP contribution in [-0.2, 0) is 6.54 Å². The summed E-state index contributed by atoms with van der Waals surface area (Å²) >= 11 is 0. The molecule has 0 spiro atoms. The molecule has 2 aromatic heterocycles. The highest BCUT2D eigenvalue weighted by Crippen LogP contribution is 2.16. The third kappa shape index (κ3) is 3.54. The molecule has 0 radical (unpaired) electrons. The first-order valence-electron chi connectivity index (χ1n) is 9.29. The molecular formula is C22H21N5O2. The van der Waals surface area contributed by atoms with E-state index in [2.05, 4.69) is 15.1 Å². The third-order valence-electron chi connectivity index (χ3n) is 4.82. The molecule has 0 atom stereocenters. The average molecular weight is 387 g/mol. The van der Waals surface area contributed by atoms with Gasteiger partial charge in [0.05, 0.1) is 23.3 Å². The monoisotopic (exact) mass is 387 g/mol. The Morgan fingerprint density at radius 1 is 1.10 bits per heavy atom. The van der Waals surface area contributed by atoms with Gasteiger partial charge in [-0.25, -0.2) is 4.98 Å². The molecule has 29 heavy (non-hydrogen) atoms. The predicted molar refractivity (Wildman–Crippen MR) is 111 cm³/mol. The summed E-state index contributed by atoms with van der Waals surface area (Å²) in [6.07, 6.45) is 1.73. The standard InChI is InChI=1S/C22H21N5O2/c1-14-12-23-20(24-14)13-26(3)21(28)16-7-6-8-17(11-16)27-22(29)19-10-5-4-9-18(19)15(2)25-27/h4-12H,13H2,1-3H3,(H,23,24). The minimum Gasteiger partial charge on any atom is -0.345 e. The molecule has 1 N–H and O–H groups in total. The van der Waals surface area contributed by atoms with E-state index in [1.54, 1.807) is 48.5 Å². The van der Waals surface area contributed by atoms with E-state index in [1.807, 2.05) is 32.0 Å². The van der Waals surface area contributed by atoms with Crippen molar-refractivity contribution in [3.63, 3.8) is 0 Å². The van der Waals surface area contributed by atoms with Crippen LogP contribution < -0.4 is 5.56 Å². The number of rotatable bonds is 4. The normalized spacial score (nSPS) is 11.0. The summed E-state index contributed by atoms with van der Waals surface area (Å²) in [5.41, 5.74) is 2.52. The van der Waals surface area contributed by atoms with Gasteiger partial charge in [0, 0.05) is 29.9 Å². The molecule has 0 unspecified atom stereocenters. The Morgan fingerprint density at radius 2 is 1.86 bits per heavy atom. The summed E-state index contributed by atoms with van der Waals surface area (Å²) in [4.78, 5) is 34.8. The first-order valence-corrected chi connectivity index (χ1v) is 9.29. The van der Waals surface area contributed by atoms with Crippen molar-refractivity contribution in [1.82, 2.24) is 24.6 Å². The Hall–Kier alpha value is -3.74. The molecule has 0 fully saturated rings. The lowest BCUT2D eigenvalue weighted by atomic mass is 10.1. The highest BCUT2D eigenvalue weighted by Gasteiger charge is 2.15. The summed E-state index contributed by atoms with van der Waals surface area (Å²) in [7, 11) is 1.72. The number of nitrogens with zero attached hydrogens (tertiary/aromatic N) is 4. The summed E-state index contributed by atoms with van der Waals surface area (Å²) < 4.78 is 1.35. The van der Waals surface area contributed by atoms with Gasteiger partial charge in [-0.2, -0.15) is 9.78 Å². The van der Waals surface area contributed by atoms with Crippen LogP contribution in [0.2, 0.25) is 0 Å². The number of aryl methyl sites for hydroxylation is 2. The molecule has 0 aliphatic heterocycles. The fourth-order valence-corrected chi connectivity index (χ4v) is 3.36. The molecule has 0 aliphatic carbocycles.